The van der Waals surface area contributed by atoms with E-state index in [1.165, 1.54) is 24.3 Å². The number of benzene rings is 2. The van der Waals surface area contributed by atoms with Crippen molar-refractivity contribution in [1.82, 2.24) is 0 Å². The largest absolute Gasteiger partial charge is 0.382 e. The number of hydrogen-bond acceptors (Lipinski definition) is 5. The van der Waals surface area contributed by atoms with Gasteiger partial charge in [-0.1, -0.05) is 76.6 Å². The molecule has 136 valence electrons. The van der Waals surface area contributed by atoms with Crippen LogP contribution in [0.2, 0.25) is 0 Å². The minimum atomic E-state index is -2.71. The molecule has 3 rings (SSSR count). The highest BCUT2D eigenvalue weighted by molar-refractivity contribution is 9.09. The van der Waals surface area contributed by atoms with E-state index < -0.39 is 40.6 Å². The summed E-state index contributed by atoms with van der Waals surface area (Å²) in [7, 11) is 0. The molecule has 2 N–H and O–H groups in total. The van der Waals surface area contributed by atoms with Crippen molar-refractivity contribution >= 4 is 27.5 Å². The maximum Gasteiger partial charge on any atom is 0.200 e. The van der Waals surface area contributed by atoms with Gasteiger partial charge in [0.05, 0.1) is 0 Å². The Bertz CT molecular complexity index is 800. The van der Waals surface area contributed by atoms with Gasteiger partial charge in [-0.25, -0.2) is 4.39 Å². The normalized spacial score (nSPS) is 29.3. The van der Waals surface area contributed by atoms with Crippen LogP contribution in [0, 0.1) is 0 Å². The van der Waals surface area contributed by atoms with Gasteiger partial charge in [0, 0.05) is 11.1 Å². The fraction of sp³-hybridized carbons (Fsp3) is 0.263. The second-order valence-electron chi connectivity index (χ2n) is 6.01. The predicted octanol–water partition coefficient (Wildman–Crippen LogP) is 2.30. The van der Waals surface area contributed by atoms with Gasteiger partial charge in [0.2, 0.25) is 0 Å². The molecule has 0 aliphatic carbocycles. The van der Waals surface area contributed by atoms with E-state index in [4.69, 9.17) is 4.74 Å². The minimum absolute atomic E-state index is 0.0483. The molecule has 5 nitrogen and oxygen atoms in total. The molecule has 0 radical (unpaired) electrons. The summed E-state index contributed by atoms with van der Waals surface area (Å²) in [6, 6.07) is 15.4. The maximum absolute atomic E-state index is 14.7. The number of aliphatic hydroxyl groups excluding tert-OH is 1. The molecule has 26 heavy (non-hydrogen) atoms. The van der Waals surface area contributed by atoms with Gasteiger partial charge in [-0.2, -0.15) is 0 Å². The van der Waals surface area contributed by atoms with Gasteiger partial charge in [0.15, 0.2) is 23.3 Å². The average Bonchev–Trinajstić information content (AvgIpc) is 2.92. The second-order valence-corrected chi connectivity index (χ2v) is 6.91. The van der Waals surface area contributed by atoms with Gasteiger partial charge in [0.25, 0.3) is 0 Å². The van der Waals surface area contributed by atoms with Crippen LogP contribution in [0.15, 0.2) is 60.7 Å². The smallest absolute Gasteiger partial charge is 0.200 e. The van der Waals surface area contributed by atoms with Crippen molar-refractivity contribution in [3.63, 3.8) is 0 Å². The van der Waals surface area contributed by atoms with Crippen molar-refractivity contribution in [2.24, 2.45) is 0 Å². The van der Waals surface area contributed by atoms with E-state index in [1.54, 1.807) is 36.4 Å². The monoisotopic (exact) mass is 422 g/mol. The fourth-order valence-electron chi connectivity index (χ4n) is 2.97. The molecule has 2 unspecified atom stereocenters. The highest BCUT2D eigenvalue weighted by Gasteiger charge is 2.63. The summed E-state index contributed by atoms with van der Waals surface area (Å²) in [6.45, 7) is 0. The third kappa shape index (κ3) is 3.12. The first-order chi connectivity index (χ1) is 12.4. The van der Waals surface area contributed by atoms with Crippen LogP contribution in [0.1, 0.15) is 20.7 Å². The molecule has 7 heteroatoms. The number of ether oxygens (including phenoxy) is 1. The van der Waals surface area contributed by atoms with Crippen LogP contribution in [0.3, 0.4) is 0 Å². The zero-order chi connectivity index (χ0) is 18.9. The molecule has 1 heterocycles. The SMILES string of the molecule is O=C(c1ccccc1)C(O)[C@@H]1O[C@@H](Br)[C@H](F)C1(O)C(=O)c1ccccc1. The fourth-order valence-corrected chi connectivity index (χ4v) is 3.61. The van der Waals surface area contributed by atoms with E-state index in [1.807, 2.05) is 0 Å². The van der Waals surface area contributed by atoms with Gasteiger partial charge in [0.1, 0.15) is 17.2 Å². The van der Waals surface area contributed by atoms with Gasteiger partial charge in [-0.05, 0) is 0 Å². The number of halogens is 2. The summed E-state index contributed by atoms with van der Waals surface area (Å²) >= 11 is 2.90. The number of rotatable bonds is 5. The number of carbonyl (C=O) groups is 2. The van der Waals surface area contributed by atoms with E-state index in [0.717, 1.165) is 0 Å². The zero-order valence-electron chi connectivity index (χ0n) is 13.5. The quantitative estimate of drug-likeness (QED) is 0.570. The molecule has 0 bridgehead atoms. The topological polar surface area (TPSA) is 83.8 Å². The van der Waals surface area contributed by atoms with Crippen LogP contribution >= 0.6 is 15.9 Å². The van der Waals surface area contributed by atoms with Crippen molar-refractivity contribution < 1.29 is 28.9 Å². The highest BCUT2D eigenvalue weighted by atomic mass is 79.9. The first-order valence-corrected chi connectivity index (χ1v) is 8.82. The van der Waals surface area contributed by atoms with Gasteiger partial charge in [-0.15, -0.1) is 0 Å². The van der Waals surface area contributed by atoms with E-state index in [-0.39, 0.29) is 11.1 Å². The van der Waals surface area contributed by atoms with Crippen LogP contribution in [0.25, 0.3) is 0 Å². The molecule has 5 atom stereocenters. The highest BCUT2D eigenvalue weighted by Crippen LogP contribution is 2.40. The van der Waals surface area contributed by atoms with Gasteiger partial charge < -0.3 is 14.9 Å². The molecule has 1 saturated heterocycles. The van der Waals surface area contributed by atoms with E-state index in [9.17, 15) is 24.2 Å². The summed E-state index contributed by atoms with van der Waals surface area (Å²) in [5.74, 6) is -1.74. The first-order valence-electron chi connectivity index (χ1n) is 7.90. The van der Waals surface area contributed by atoms with Crippen molar-refractivity contribution in [1.29, 1.82) is 0 Å². The predicted molar refractivity (Wildman–Crippen MR) is 95.0 cm³/mol. The van der Waals surface area contributed by atoms with Crippen molar-refractivity contribution in [2.75, 3.05) is 0 Å². The molecule has 1 fully saturated rings. The molecule has 0 saturated carbocycles. The summed E-state index contributed by atoms with van der Waals surface area (Å²) < 4.78 is 19.9. The molecule has 2 aromatic carbocycles. The lowest BCUT2D eigenvalue weighted by Gasteiger charge is -2.30. The number of aliphatic hydroxyl groups is 2. The third-order valence-electron chi connectivity index (χ3n) is 4.37. The van der Waals surface area contributed by atoms with Crippen LogP contribution in [0.4, 0.5) is 4.39 Å². The lowest BCUT2D eigenvalue weighted by atomic mass is 9.81. The Hall–Kier alpha value is -1.93. The Morgan fingerprint density at radius 1 is 1.04 bits per heavy atom. The number of alkyl halides is 2. The van der Waals surface area contributed by atoms with Gasteiger partial charge >= 0.3 is 0 Å². The molecule has 0 aromatic heterocycles. The molecule has 1 aliphatic rings. The van der Waals surface area contributed by atoms with Crippen LogP contribution in [-0.4, -0.2) is 50.8 Å². The average molecular weight is 423 g/mol. The first kappa shape index (κ1) is 18.8. The minimum Gasteiger partial charge on any atom is -0.382 e. The number of Topliss-reactive ketones (excluding diaryl/α,β-unsaturated/α-hetero) is 2. The van der Waals surface area contributed by atoms with E-state index >= 15 is 0 Å². The molecular formula is C19H16BrFO5. The standard InChI is InChI=1S/C19H16BrFO5/c20-18-15(21)19(25,16(24)12-9-5-2-6-10-12)17(26-18)14(23)13(22)11-7-3-1-4-8-11/h1-10,14-15,17-18,23,25H/t14?,15-,17-,18+,19?/m0/s1. The second kappa shape index (κ2) is 7.36. The number of carbonyl (C=O) groups excluding carboxylic acids is 2. The Morgan fingerprint density at radius 3 is 2.08 bits per heavy atom. The molecule has 0 amide bonds. The maximum atomic E-state index is 14.7. The van der Waals surface area contributed by atoms with E-state index in [2.05, 4.69) is 15.9 Å². The summed E-state index contributed by atoms with van der Waals surface area (Å²) in [6.07, 6.45) is -5.85. The Morgan fingerprint density at radius 2 is 1.54 bits per heavy atom. The number of hydrogen-bond donors (Lipinski definition) is 2. The zero-order valence-corrected chi connectivity index (χ0v) is 15.0. The van der Waals surface area contributed by atoms with E-state index in [0.29, 0.717) is 0 Å². The van der Waals surface area contributed by atoms with Gasteiger partial charge in [-0.3, -0.25) is 9.59 Å². The van der Waals surface area contributed by atoms with Crippen molar-refractivity contribution in [3.05, 3.63) is 71.8 Å². The summed E-state index contributed by atoms with van der Waals surface area (Å²) in [5.41, 5.74) is -2.50. The molecule has 0 spiro atoms. The van der Waals surface area contributed by atoms with Crippen LogP contribution in [-0.2, 0) is 4.74 Å². The Kier molecular flexibility index (Phi) is 5.34. The lowest BCUT2D eigenvalue weighted by Crippen LogP contribution is -2.58. The summed E-state index contributed by atoms with van der Waals surface area (Å²) in [5, 5.41) is 20.0. The summed E-state index contributed by atoms with van der Waals surface area (Å²) in [4.78, 5) is 25.3. The Balaban J connectivity index is 1.97. The molecular weight excluding hydrogens is 407 g/mol. The molecule has 1 aliphatic heterocycles. The van der Waals surface area contributed by atoms with Crippen molar-refractivity contribution in [3.8, 4) is 0 Å². The van der Waals surface area contributed by atoms with Crippen LogP contribution in [0.5, 0.6) is 0 Å². The number of ketones is 2. The Labute approximate surface area is 157 Å². The third-order valence-corrected chi connectivity index (χ3v) is 5.05. The lowest BCUT2D eigenvalue weighted by molar-refractivity contribution is -0.0773. The molecule has 2 aromatic rings. The van der Waals surface area contributed by atoms with Crippen LogP contribution < -0.4 is 0 Å². The van der Waals surface area contributed by atoms with Crippen molar-refractivity contribution in [2.45, 2.75) is 29.0 Å².